The van der Waals surface area contributed by atoms with Crippen molar-refractivity contribution >= 4 is 16.8 Å². The van der Waals surface area contributed by atoms with Gasteiger partial charge in [-0.05, 0) is 25.6 Å². The Bertz CT molecular complexity index is 678. The van der Waals surface area contributed by atoms with Gasteiger partial charge in [-0.25, -0.2) is 0 Å². The maximum absolute atomic E-state index is 12.0. The molecule has 2 aromatic rings. The fourth-order valence-corrected chi connectivity index (χ4v) is 2.66. The molecule has 2 rings (SSSR count). The lowest BCUT2D eigenvalue weighted by Gasteiger charge is -2.28. The first kappa shape index (κ1) is 16.1. The van der Waals surface area contributed by atoms with Crippen molar-refractivity contribution in [1.82, 2.24) is 9.88 Å². The normalized spacial score (nSPS) is 13.7. The van der Waals surface area contributed by atoms with Gasteiger partial charge in [-0.1, -0.05) is 25.1 Å². The van der Waals surface area contributed by atoms with Gasteiger partial charge in [-0.3, -0.25) is 10.1 Å². The summed E-state index contributed by atoms with van der Waals surface area (Å²) in [6.07, 6.45) is 3.49. The fourth-order valence-electron chi connectivity index (χ4n) is 2.66. The Morgan fingerprint density at radius 1 is 1.45 bits per heavy atom. The molecule has 5 nitrogen and oxygen atoms in total. The summed E-state index contributed by atoms with van der Waals surface area (Å²) in [4.78, 5) is 12.0. The van der Waals surface area contributed by atoms with Gasteiger partial charge >= 0.3 is 0 Å². The number of aromatic nitrogens is 1. The third kappa shape index (κ3) is 2.85. The molecule has 0 aliphatic rings. The number of hydrogen-bond donors (Lipinski definition) is 2. The Balaban J connectivity index is 2.49. The summed E-state index contributed by atoms with van der Waals surface area (Å²) in [6.45, 7) is 9.24. The maximum atomic E-state index is 12.0. The number of amides is 1. The van der Waals surface area contributed by atoms with Crippen molar-refractivity contribution in [1.29, 1.82) is 0 Å². The fraction of sp³-hybridized carbons (Fsp3) is 0.353. The summed E-state index contributed by atoms with van der Waals surface area (Å²) in [6, 6.07) is 7.93. The highest BCUT2D eigenvalue weighted by Gasteiger charge is 2.33. The lowest BCUT2D eigenvalue weighted by molar-refractivity contribution is -0.123. The van der Waals surface area contributed by atoms with Crippen LogP contribution in [0, 0.1) is 0 Å². The van der Waals surface area contributed by atoms with Gasteiger partial charge in [0.25, 0.3) is 0 Å². The zero-order chi connectivity index (χ0) is 16.2. The standard InChI is InChI=1S/C17H23N3O2/c1-4-17(16(18)21,19-5-2)12-20-11-15(22-6-3)13-9-7-8-10-14(13)20/h4,7-11,19H,1,5-6,12H2,2-3H3,(H2,18,21). The number of carbonyl (C=O) groups excluding carboxylic acids is 1. The van der Waals surface area contributed by atoms with E-state index in [1.54, 1.807) is 6.08 Å². The quantitative estimate of drug-likeness (QED) is 0.733. The van der Waals surface area contributed by atoms with Crippen LogP contribution in [0.5, 0.6) is 5.75 Å². The number of nitrogens with two attached hydrogens (primary N) is 1. The molecule has 5 heteroatoms. The zero-order valence-electron chi connectivity index (χ0n) is 13.1. The van der Waals surface area contributed by atoms with Gasteiger partial charge in [0.05, 0.1) is 18.7 Å². The predicted octanol–water partition coefficient (Wildman–Crippen LogP) is 2.06. The molecular weight excluding hydrogens is 278 g/mol. The number of carbonyl (C=O) groups is 1. The molecule has 0 aliphatic heterocycles. The van der Waals surface area contributed by atoms with Crippen molar-refractivity contribution in [3.8, 4) is 5.75 Å². The Morgan fingerprint density at radius 3 is 2.77 bits per heavy atom. The van der Waals surface area contributed by atoms with Crippen LogP contribution < -0.4 is 15.8 Å². The second kappa shape index (κ2) is 6.66. The molecule has 118 valence electrons. The first-order valence-electron chi connectivity index (χ1n) is 7.47. The van der Waals surface area contributed by atoms with Crippen molar-refractivity contribution in [3.63, 3.8) is 0 Å². The largest absolute Gasteiger partial charge is 0.492 e. The third-order valence-corrected chi connectivity index (χ3v) is 3.75. The Labute approximate surface area is 130 Å². The van der Waals surface area contributed by atoms with Crippen LogP contribution in [0.3, 0.4) is 0 Å². The highest BCUT2D eigenvalue weighted by atomic mass is 16.5. The topological polar surface area (TPSA) is 69.3 Å². The van der Waals surface area contributed by atoms with Crippen molar-refractivity contribution in [2.75, 3.05) is 13.2 Å². The molecule has 0 radical (unpaired) electrons. The second-order valence-corrected chi connectivity index (χ2v) is 5.14. The molecule has 1 heterocycles. The Morgan fingerprint density at radius 2 is 2.18 bits per heavy atom. The van der Waals surface area contributed by atoms with Crippen LogP contribution in [0.25, 0.3) is 10.9 Å². The molecule has 0 fully saturated rings. The molecule has 0 aliphatic carbocycles. The van der Waals surface area contributed by atoms with E-state index in [0.29, 0.717) is 19.7 Å². The van der Waals surface area contributed by atoms with Crippen LogP contribution in [0.1, 0.15) is 13.8 Å². The van der Waals surface area contributed by atoms with Crippen LogP contribution in [0.4, 0.5) is 0 Å². The van der Waals surface area contributed by atoms with Crippen LogP contribution in [-0.4, -0.2) is 29.2 Å². The van der Waals surface area contributed by atoms with Crippen molar-refractivity contribution in [3.05, 3.63) is 43.1 Å². The molecule has 1 aromatic carbocycles. The van der Waals surface area contributed by atoms with Gasteiger partial charge in [0.1, 0.15) is 11.3 Å². The van der Waals surface area contributed by atoms with Crippen molar-refractivity contribution in [2.24, 2.45) is 5.73 Å². The smallest absolute Gasteiger partial charge is 0.243 e. The SMILES string of the molecule is C=CC(Cn1cc(OCC)c2ccccc21)(NCC)C(N)=O. The summed E-state index contributed by atoms with van der Waals surface area (Å²) < 4.78 is 7.67. The monoisotopic (exact) mass is 301 g/mol. The molecule has 0 saturated carbocycles. The number of nitrogens with one attached hydrogen (secondary N) is 1. The van der Waals surface area contributed by atoms with E-state index in [-0.39, 0.29) is 0 Å². The minimum absolute atomic E-state index is 0.368. The summed E-state index contributed by atoms with van der Waals surface area (Å²) in [5.41, 5.74) is 5.62. The summed E-state index contributed by atoms with van der Waals surface area (Å²) >= 11 is 0. The maximum Gasteiger partial charge on any atom is 0.243 e. The van der Waals surface area contributed by atoms with E-state index in [9.17, 15) is 4.79 Å². The number of nitrogens with zero attached hydrogens (tertiary/aromatic N) is 1. The molecule has 0 saturated heterocycles. The number of fused-ring (bicyclic) bond motifs is 1. The summed E-state index contributed by atoms with van der Waals surface area (Å²) in [5.74, 6) is 0.358. The van der Waals surface area contributed by atoms with E-state index in [0.717, 1.165) is 16.7 Å². The van der Waals surface area contributed by atoms with E-state index in [1.165, 1.54) is 0 Å². The zero-order valence-corrected chi connectivity index (χ0v) is 13.1. The van der Waals surface area contributed by atoms with Gasteiger partial charge in [-0.15, -0.1) is 6.58 Å². The van der Waals surface area contributed by atoms with Gasteiger partial charge in [0.2, 0.25) is 5.91 Å². The predicted molar refractivity (Wildman–Crippen MR) is 88.9 cm³/mol. The molecule has 1 unspecified atom stereocenters. The number of benzene rings is 1. The third-order valence-electron chi connectivity index (χ3n) is 3.75. The number of para-hydroxylation sites is 1. The molecule has 1 atom stereocenters. The van der Waals surface area contributed by atoms with E-state index >= 15 is 0 Å². The number of ether oxygens (including phenoxy) is 1. The van der Waals surface area contributed by atoms with E-state index < -0.39 is 11.4 Å². The molecule has 1 amide bonds. The lowest BCUT2D eigenvalue weighted by Crippen LogP contribution is -2.56. The van der Waals surface area contributed by atoms with Crippen LogP contribution in [0.15, 0.2) is 43.1 Å². The summed E-state index contributed by atoms with van der Waals surface area (Å²) in [5, 5.41) is 4.16. The number of likely N-dealkylation sites (N-methyl/N-ethyl adjacent to an activating group) is 1. The second-order valence-electron chi connectivity index (χ2n) is 5.14. The van der Waals surface area contributed by atoms with Crippen LogP contribution >= 0.6 is 0 Å². The van der Waals surface area contributed by atoms with Gasteiger partial charge in [0.15, 0.2) is 0 Å². The Hall–Kier alpha value is -2.27. The van der Waals surface area contributed by atoms with Crippen molar-refractivity contribution in [2.45, 2.75) is 25.9 Å². The van der Waals surface area contributed by atoms with E-state index in [2.05, 4.69) is 11.9 Å². The first-order chi connectivity index (χ1) is 10.6. The number of hydrogen-bond acceptors (Lipinski definition) is 3. The first-order valence-corrected chi connectivity index (χ1v) is 7.47. The van der Waals surface area contributed by atoms with E-state index in [1.807, 2.05) is 48.9 Å². The molecule has 0 spiro atoms. The minimum atomic E-state index is -0.986. The molecule has 1 aromatic heterocycles. The average Bonchev–Trinajstić information content (AvgIpc) is 2.85. The highest BCUT2D eigenvalue weighted by molar-refractivity contribution is 5.89. The minimum Gasteiger partial charge on any atom is -0.492 e. The molecule has 3 N–H and O–H groups in total. The van der Waals surface area contributed by atoms with Crippen LogP contribution in [0.2, 0.25) is 0 Å². The van der Waals surface area contributed by atoms with Gasteiger partial charge in [-0.2, -0.15) is 0 Å². The van der Waals surface area contributed by atoms with Gasteiger partial charge in [0, 0.05) is 11.6 Å². The summed E-state index contributed by atoms with van der Waals surface area (Å²) in [7, 11) is 0. The lowest BCUT2D eigenvalue weighted by atomic mass is 9.98. The van der Waals surface area contributed by atoms with Gasteiger partial charge < -0.3 is 15.0 Å². The highest BCUT2D eigenvalue weighted by Crippen LogP contribution is 2.29. The van der Waals surface area contributed by atoms with Crippen LogP contribution in [-0.2, 0) is 11.3 Å². The number of primary amides is 1. The Kier molecular flexibility index (Phi) is 4.88. The number of rotatable bonds is 8. The molecule has 0 bridgehead atoms. The molecule has 22 heavy (non-hydrogen) atoms. The molecular formula is C17H23N3O2. The van der Waals surface area contributed by atoms with E-state index in [4.69, 9.17) is 10.5 Å². The van der Waals surface area contributed by atoms with Crippen molar-refractivity contribution < 1.29 is 9.53 Å². The average molecular weight is 301 g/mol.